The second kappa shape index (κ2) is 6.74. The first-order valence-corrected chi connectivity index (χ1v) is 5.64. The summed E-state index contributed by atoms with van der Waals surface area (Å²) in [5.74, 6) is 0. The molecule has 100 valence electrons. The molecule has 0 amide bonds. The Hall–Kier alpha value is -1.09. The Morgan fingerprint density at radius 2 is 2.06 bits per heavy atom. The summed E-state index contributed by atoms with van der Waals surface area (Å²) >= 11 is 0. The van der Waals surface area contributed by atoms with Crippen molar-refractivity contribution in [3.63, 3.8) is 0 Å². The SMILES string of the molecule is Cc1ccc([C@@H](O)CNC(C)(C)C)nc1C#N.S. The van der Waals surface area contributed by atoms with Crippen molar-refractivity contribution in [2.45, 2.75) is 39.3 Å². The number of aliphatic hydroxyl groups excluding tert-OH is 1. The van der Waals surface area contributed by atoms with Gasteiger partial charge in [-0.1, -0.05) is 6.07 Å². The molecule has 5 heteroatoms. The van der Waals surface area contributed by atoms with Gasteiger partial charge in [0.25, 0.3) is 0 Å². The maximum Gasteiger partial charge on any atom is 0.143 e. The van der Waals surface area contributed by atoms with Gasteiger partial charge in [-0.25, -0.2) is 4.98 Å². The minimum Gasteiger partial charge on any atom is -0.385 e. The molecule has 0 radical (unpaired) electrons. The van der Waals surface area contributed by atoms with Crippen LogP contribution in [0.15, 0.2) is 12.1 Å². The van der Waals surface area contributed by atoms with Crippen molar-refractivity contribution < 1.29 is 5.11 Å². The Bertz CT molecular complexity index is 435. The van der Waals surface area contributed by atoms with E-state index in [1.165, 1.54) is 0 Å². The van der Waals surface area contributed by atoms with E-state index in [1.807, 2.05) is 33.8 Å². The van der Waals surface area contributed by atoms with Crippen LogP contribution in [0.5, 0.6) is 0 Å². The van der Waals surface area contributed by atoms with Crippen LogP contribution in [0.4, 0.5) is 0 Å². The number of hydrogen-bond donors (Lipinski definition) is 2. The monoisotopic (exact) mass is 267 g/mol. The van der Waals surface area contributed by atoms with Gasteiger partial charge in [-0.15, -0.1) is 0 Å². The lowest BCUT2D eigenvalue weighted by Crippen LogP contribution is -2.38. The van der Waals surface area contributed by atoms with Crippen LogP contribution in [0.1, 0.15) is 43.8 Å². The molecule has 0 aromatic carbocycles. The first kappa shape index (κ1) is 16.9. The molecule has 2 N–H and O–H groups in total. The lowest BCUT2D eigenvalue weighted by molar-refractivity contribution is 0.159. The standard InChI is InChI=1S/C13H19N3O.H2S/c1-9-5-6-10(16-11(9)7-14)12(17)8-15-13(2,3)4;/h5-6,12,15,17H,8H2,1-4H3;1H2/t12-;/m0./s1. The predicted octanol–water partition coefficient (Wildman–Crippen LogP) is 1.80. The smallest absolute Gasteiger partial charge is 0.143 e. The number of aryl methyl sites for hydroxylation is 1. The molecule has 1 rings (SSSR count). The number of aliphatic hydroxyl groups is 1. The highest BCUT2D eigenvalue weighted by atomic mass is 32.1. The molecular weight excluding hydrogens is 246 g/mol. The summed E-state index contributed by atoms with van der Waals surface area (Å²) in [7, 11) is 0. The molecule has 0 unspecified atom stereocenters. The average Bonchev–Trinajstić information content (AvgIpc) is 2.25. The van der Waals surface area contributed by atoms with Crippen LogP contribution < -0.4 is 5.32 Å². The van der Waals surface area contributed by atoms with E-state index in [-0.39, 0.29) is 19.0 Å². The van der Waals surface area contributed by atoms with Gasteiger partial charge in [0.05, 0.1) is 5.69 Å². The van der Waals surface area contributed by atoms with Gasteiger partial charge in [-0.2, -0.15) is 18.8 Å². The molecule has 1 heterocycles. The lowest BCUT2D eigenvalue weighted by atomic mass is 10.1. The van der Waals surface area contributed by atoms with E-state index in [9.17, 15) is 5.11 Å². The zero-order valence-electron chi connectivity index (χ0n) is 11.3. The van der Waals surface area contributed by atoms with Crippen molar-refractivity contribution in [2.75, 3.05) is 6.54 Å². The highest BCUT2D eigenvalue weighted by Gasteiger charge is 2.15. The van der Waals surface area contributed by atoms with Crippen LogP contribution in [-0.4, -0.2) is 22.2 Å². The summed E-state index contributed by atoms with van der Waals surface area (Å²) < 4.78 is 0. The average molecular weight is 267 g/mol. The number of rotatable bonds is 3. The fraction of sp³-hybridized carbons (Fsp3) is 0.538. The third-order valence-corrected chi connectivity index (χ3v) is 2.39. The molecule has 18 heavy (non-hydrogen) atoms. The normalized spacial score (nSPS) is 12.4. The van der Waals surface area contributed by atoms with Gasteiger partial charge in [0.15, 0.2) is 0 Å². The van der Waals surface area contributed by atoms with Gasteiger partial charge in [0.2, 0.25) is 0 Å². The molecule has 0 aliphatic carbocycles. The molecule has 0 bridgehead atoms. The number of pyridine rings is 1. The molecule has 1 atom stereocenters. The van der Waals surface area contributed by atoms with Crippen molar-refractivity contribution in [1.82, 2.24) is 10.3 Å². The van der Waals surface area contributed by atoms with Crippen molar-refractivity contribution >= 4 is 13.5 Å². The molecule has 0 saturated carbocycles. The van der Waals surface area contributed by atoms with Crippen molar-refractivity contribution in [2.24, 2.45) is 0 Å². The maximum absolute atomic E-state index is 9.96. The van der Waals surface area contributed by atoms with E-state index < -0.39 is 6.10 Å². The predicted molar refractivity (Wildman–Crippen MR) is 76.8 cm³/mol. The van der Waals surface area contributed by atoms with Gasteiger partial charge in [-0.05, 0) is 39.3 Å². The fourth-order valence-corrected chi connectivity index (χ4v) is 1.35. The molecule has 1 aromatic rings. The van der Waals surface area contributed by atoms with Crippen LogP contribution in [0.3, 0.4) is 0 Å². The van der Waals surface area contributed by atoms with Gasteiger partial charge in [0.1, 0.15) is 17.9 Å². The number of nitrogens with one attached hydrogen (secondary N) is 1. The van der Waals surface area contributed by atoms with E-state index in [0.29, 0.717) is 17.9 Å². The Morgan fingerprint density at radius 1 is 1.44 bits per heavy atom. The van der Waals surface area contributed by atoms with E-state index in [2.05, 4.69) is 10.3 Å². The molecule has 0 spiro atoms. The van der Waals surface area contributed by atoms with Gasteiger partial charge in [0, 0.05) is 12.1 Å². The summed E-state index contributed by atoms with van der Waals surface area (Å²) in [6.07, 6.45) is -0.693. The quantitative estimate of drug-likeness (QED) is 0.876. The summed E-state index contributed by atoms with van der Waals surface area (Å²) in [5, 5.41) is 22.0. The van der Waals surface area contributed by atoms with Crippen molar-refractivity contribution in [1.29, 1.82) is 5.26 Å². The van der Waals surface area contributed by atoms with Crippen LogP contribution >= 0.6 is 13.5 Å². The van der Waals surface area contributed by atoms with Crippen LogP contribution in [0.2, 0.25) is 0 Å². The number of hydrogen-bond acceptors (Lipinski definition) is 4. The first-order chi connectivity index (χ1) is 7.83. The summed E-state index contributed by atoms with van der Waals surface area (Å²) in [5.41, 5.74) is 1.68. The summed E-state index contributed by atoms with van der Waals surface area (Å²) in [4.78, 5) is 4.14. The first-order valence-electron chi connectivity index (χ1n) is 5.64. The molecule has 0 aliphatic rings. The number of nitrogens with zero attached hydrogens (tertiary/aromatic N) is 2. The minimum absolute atomic E-state index is 0. The molecule has 0 aliphatic heterocycles. The Balaban J connectivity index is 0.00000289. The fourth-order valence-electron chi connectivity index (χ4n) is 1.35. The Labute approximate surface area is 116 Å². The number of β-amino-alcohol motifs (C(OH)–C–C–N with tert-alkyl or cyclic N) is 1. The molecule has 1 aromatic heterocycles. The summed E-state index contributed by atoms with van der Waals surface area (Å²) in [6, 6.07) is 5.58. The summed E-state index contributed by atoms with van der Waals surface area (Å²) in [6.45, 7) is 8.34. The third-order valence-electron chi connectivity index (χ3n) is 2.39. The highest BCUT2D eigenvalue weighted by Crippen LogP contribution is 2.13. The molecule has 0 saturated heterocycles. The molecule has 4 nitrogen and oxygen atoms in total. The zero-order valence-corrected chi connectivity index (χ0v) is 12.3. The zero-order chi connectivity index (χ0) is 13.1. The van der Waals surface area contributed by atoms with Crippen molar-refractivity contribution in [3.05, 3.63) is 29.1 Å². The highest BCUT2D eigenvalue weighted by molar-refractivity contribution is 7.59. The van der Waals surface area contributed by atoms with Crippen LogP contribution in [0.25, 0.3) is 0 Å². The minimum atomic E-state index is -0.693. The maximum atomic E-state index is 9.96. The second-order valence-corrected chi connectivity index (χ2v) is 5.16. The van der Waals surface area contributed by atoms with Gasteiger partial charge >= 0.3 is 0 Å². The number of aromatic nitrogens is 1. The Morgan fingerprint density at radius 3 is 2.56 bits per heavy atom. The van der Waals surface area contributed by atoms with Crippen LogP contribution in [0, 0.1) is 18.3 Å². The van der Waals surface area contributed by atoms with E-state index in [0.717, 1.165) is 5.56 Å². The van der Waals surface area contributed by atoms with E-state index in [4.69, 9.17) is 5.26 Å². The van der Waals surface area contributed by atoms with Gasteiger partial charge in [-0.3, -0.25) is 0 Å². The largest absolute Gasteiger partial charge is 0.385 e. The molecule has 0 fully saturated rings. The molecular formula is C13H21N3OS. The van der Waals surface area contributed by atoms with E-state index >= 15 is 0 Å². The topological polar surface area (TPSA) is 68.9 Å². The van der Waals surface area contributed by atoms with E-state index in [1.54, 1.807) is 12.1 Å². The lowest BCUT2D eigenvalue weighted by Gasteiger charge is -2.22. The van der Waals surface area contributed by atoms with Crippen LogP contribution in [-0.2, 0) is 0 Å². The Kier molecular flexibility index (Phi) is 6.33. The third kappa shape index (κ3) is 5.05. The number of nitriles is 1. The van der Waals surface area contributed by atoms with Gasteiger partial charge < -0.3 is 10.4 Å². The second-order valence-electron chi connectivity index (χ2n) is 5.16. The van der Waals surface area contributed by atoms with Crippen molar-refractivity contribution in [3.8, 4) is 6.07 Å².